The minimum atomic E-state index is 0.513. The molecule has 0 spiro atoms. The number of nitrogens with one attached hydrogen (secondary N) is 1. The van der Waals surface area contributed by atoms with Crippen LogP contribution in [0.5, 0.6) is 0 Å². The zero-order valence-corrected chi connectivity index (χ0v) is 10.3. The van der Waals surface area contributed by atoms with Crippen LogP contribution in [0.4, 0.5) is 11.4 Å². The number of rotatable bonds is 1. The van der Waals surface area contributed by atoms with E-state index in [0.29, 0.717) is 5.69 Å². The molecule has 0 radical (unpaired) electrons. The molecule has 3 heterocycles. The molecule has 0 aliphatic carbocycles. The van der Waals surface area contributed by atoms with Crippen molar-refractivity contribution in [2.45, 2.75) is 12.8 Å². The van der Waals surface area contributed by atoms with Gasteiger partial charge in [0.1, 0.15) is 11.8 Å². The molecule has 18 heavy (non-hydrogen) atoms. The van der Waals surface area contributed by atoms with Gasteiger partial charge in [-0.2, -0.15) is 5.26 Å². The molecule has 1 aromatic heterocycles. The molecule has 1 N–H and O–H groups in total. The summed E-state index contributed by atoms with van der Waals surface area (Å²) in [6, 6.07) is 4.05. The fourth-order valence-corrected chi connectivity index (χ4v) is 2.54. The molecular formula is C13H16N4O. The van der Waals surface area contributed by atoms with Crippen LogP contribution in [0.1, 0.15) is 17.8 Å². The first kappa shape index (κ1) is 11.3. The Morgan fingerprint density at radius 1 is 1.39 bits per heavy atom. The maximum atomic E-state index is 9.09. The predicted octanol–water partition coefficient (Wildman–Crippen LogP) is 1.15. The van der Waals surface area contributed by atoms with E-state index in [9.17, 15) is 0 Å². The Kier molecular flexibility index (Phi) is 3.03. The summed E-state index contributed by atoms with van der Waals surface area (Å²) in [6.07, 6.45) is 2.03. The number of nitriles is 1. The third kappa shape index (κ3) is 2.00. The van der Waals surface area contributed by atoms with Crippen molar-refractivity contribution in [3.8, 4) is 6.07 Å². The zero-order chi connectivity index (χ0) is 12.4. The fraction of sp³-hybridized carbons (Fsp3) is 0.538. The molecule has 0 amide bonds. The van der Waals surface area contributed by atoms with Gasteiger partial charge >= 0.3 is 0 Å². The van der Waals surface area contributed by atoms with E-state index in [1.807, 2.05) is 6.07 Å². The number of aromatic nitrogens is 1. The summed E-state index contributed by atoms with van der Waals surface area (Å²) in [5, 5.41) is 12.5. The van der Waals surface area contributed by atoms with Crippen molar-refractivity contribution in [1.29, 1.82) is 5.26 Å². The molecule has 94 valence electrons. The van der Waals surface area contributed by atoms with Crippen LogP contribution < -0.4 is 10.2 Å². The Balaban J connectivity index is 2.03. The molecule has 2 aliphatic rings. The molecule has 0 aromatic carbocycles. The molecule has 1 aromatic rings. The van der Waals surface area contributed by atoms with E-state index in [2.05, 4.69) is 21.3 Å². The fourth-order valence-electron chi connectivity index (χ4n) is 2.54. The molecular weight excluding hydrogens is 228 g/mol. The number of hydrogen-bond acceptors (Lipinski definition) is 5. The van der Waals surface area contributed by atoms with E-state index in [1.165, 1.54) is 0 Å². The number of pyridine rings is 1. The molecule has 0 bridgehead atoms. The Bertz CT molecular complexity index is 488. The highest BCUT2D eigenvalue weighted by Crippen LogP contribution is 2.33. The van der Waals surface area contributed by atoms with Gasteiger partial charge in [0, 0.05) is 25.7 Å². The quantitative estimate of drug-likeness (QED) is 0.803. The van der Waals surface area contributed by atoms with Crippen LogP contribution in [-0.4, -0.2) is 37.8 Å². The van der Waals surface area contributed by atoms with E-state index in [1.54, 1.807) is 0 Å². The van der Waals surface area contributed by atoms with Gasteiger partial charge in [-0.15, -0.1) is 0 Å². The minimum absolute atomic E-state index is 0.513. The Morgan fingerprint density at radius 2 is 2.22 bits per heavy atom. The first-order valence-corrected chi connectivity index (χ1v) is 6.39. The van der Waals surface area contributed by atoms with Crippen molar-refractivity contribution in [3.05, 3.63) is 17.5 Å². The summed E-state index contributed by atoms with van der Waals surface area (Å²) in [7, 11) is 0. The lowest BCUT2D eigenvalue weighted by molar-refractivity contribution is 0.122. The van der Waals surface area contributed by atoms with Crippen LogP contribution in [0.3, 0.4) is 0 Å². The standard InChI is InChI=1S/C13H16N4O/c14-9-10-8-12(17-4-6-18-7-5-17)13-11(16-10)2-1-3-15-13/h8,15H,1-7H2. The van der Waals surface area contributed by atoms with Crippen LogP contribution in [0.25, 0.3) is 0 Å². The van der Waals surface area contributed by atoms with Crippen LogP contribution in [0, 0.1) is 11.3 Å². The summed E-state index contributed by atoms with van der Waals surface area (Å²) >= 11 is 0. The summed E-state index contributed by atoms with van der Waals surface area (Å²) < 4.78 is 5.38. The lowest BCUT2D eigenvalue weighted by Gasteiger charge is -2.32. The average Bonchev–Trinajstić information content (AvgIpc) is 2.47. The van der Waals surface area contributed by atoms with Gasteiger partial charge in [-0.1, -0.05) is 0 Å². The molecule has 0 atom stereocenters. The highest BCUT2D eigenvalue weighted by molar-refractivity contribution is 5.74. The maximum Gasteiger partial charge on any atom is 0.143 e. The third-order valence-corrected chi connectivity index (χ3v) is 3.43. The van der Waals surface area contributed by atoms with Crippen LogP contribution in [-0.2, 0) is 11.2 Å². The molecule has 5 nitrogen and oxygen atoms in total. The van der Waals surface area contributed by atoms with Gasteiger partial charge in [0.05, 0.1) is 30.3 Å². The largest absolute Gasteiger partial charge is 0.382 e. The van der Waals surface area contributed by atoms with Crippen molar-refractivity contribution in [3.63, 3.8) is 0 Å². The van der Waals surface area contributed by atoms with Gasteiger partial charge in [0.15, 0.2) is 0 Å². The maximum absolute atomic E-state index is 9.09. The van der Waals surface area contributed by atoms with Gasteiger partial charge in [-0.05, 0) is 12.8 Å². The Morgan fingerprint density at radius 3 is 3.00 bits per heavy atom. The van der Waals surface area contributed by atoms with Gasteiger partial charge in [0.25, 0.3) is 0 Å². The molecule has 0 unspecified atom stereocenters. The smallest absolute Gasteiger partial charge is 0.143 e. The Hall–Kier alpha value is -1.80. The SMILES string of the molecule is N#Cc1cc(N2CCOCC2)c2c(n1)CCCN2. The molecule has 5 heteroatoms. The molecule has 1 saturated heterocycles. The number of ether oxygens (including phenoxy) is 1. The monoisotopic (exact) mass is 244 g/mol. The van der Waals surface area contributed by atoms with Gasteiger partial charge in [-0.3, -0.25) is 0 Å². The van der Waals surface area contributed by atoms with E-state index < -0.39 is 0 Å². The number of aryl methyl sites for hydroxylation is 1. The van der Waals surface area contributed by atoms with E-state index in [-0.39, 0.29) is 0 Å². The zero-order valence-electron chi connectivity index (χ0n) is 10.3. The van der Waals surface area contributed by atoms with Crippen molar-refractivity contribution in [2.75, 3.05) is 43.1 Å². The van der Waals surface area contributed by atoms with E-state index >= 15 is 0 Å². The van der Waals surface area contributed by atoms with Crippen LogP contribution in [0.2, 0.25) is 0 Å². The first-order chi connectivity index (χ1) is 8.88. The first-order valence-electron chi connectivity index (χ1n) is 6.39. The summed E-state index contributed by atoms with van der Waals surface area (Å²) in [6.45, 7) is 4.24. The van der Waals surface area contributed by atoms with E-state index in [4.69, 9.17) is 10.00 Å². The molecule has 1 fully saturated rings. The molecule has 3 rings (SSSR count). The van der Waals surface area contributed by atoms with Crippen molar-refractivity contribution in [2.24, 2.45) is 0 Å². The number of fused-ring (bicyclic) bond motifs is 1. The second kappa shape index (κ2) is 4.83. The van der Waals surface area contributed by atoms with Crippen LogP contribution in [0.15, 0.2) is 6.07 Å². The topological polar surface area (TPSA) is 61.2 Å². The predicted molar refractivity (Wildman–Crippen MR) is 68.8 cm³/mol. The lowest BCUT2D eigenvalue weighted by atomic mass is 10.1. The highest BCUT2D eigenvalue weighted by Gasteiger charge is 2.21. The minimum Gasteiger partial charge on any atom is -0.382 e. The normalized spacial score (nSPS) is 18.7. The summed E-state index contributed by atoms with van der Waals surface area (Å²) in [4.78, 5) is 6.69. The highest BCUT2D eigenvalue weighted by atomic mass is 16.5. The number of hydrogen-bond donors (Lipinski definition) is 1. The van der Waals surface area contributed by atoms with Crippen molar-refractivity contribution < 1.29 is 4.74 Å². The lowest BCUT2D eigenvalue weighted by Crippen LogP contribution is -2.37. The second-order valence-electron chi connectivity index (χ2n) is 4.59. The van der Waals surface area contributed by atoms with Gasteiger partial charge in [-0.25, -0.2) is 4.98 Å². The number of morpholine rings is 1. The third-order valence-electron chi connectivity index (χ3n) is 3.43. The number of anilines is 2. The number of nitrogens with zero attached hydrogens (tertiary/aromatic N) is 3. The van der Waals surface area contributed by atoms with Gasteiger partial charge in [0.2, 0.25) is 0 Å². The van der Waals surface area contributed by atoms with E-state index in [0.717, 1.165) is 62.8 Å². The summed E-state index contributed by atoms with van der Waals surface area (Å²) in [5.74, 6) is 0. The summed E-state index contributed by atoms with van der Waals surface area (Å²) in [5.41, 5.74) is 3.77. The van der Waals surface area contributed by atoms with Gasteiger partial charge < -0.3 is 15.0 Å². The second-order valence-corrected chi connectivity index (χ2v) is 4.59. The Labute approximate surface area is 106 Å². The molecule has 2 aliphatic heterocycles. The average molecular weight is 244 g/mol. The molecule has 0 saturated carbocycles. The van der Waals surface area contributed by atoms with Crippen molar-refractivity contribution >= 4 is 11.4 Å². The van der Waals surface area contributed by atoms with Crippen LogP contribution >= 0.6 is 0 Å². The van der Waals surface area contributed by atoms with Crippen molar-refractivity contribution in [1.82, 2.24) is 4.98 Å².